The highest BCUT2D eigenvalue weighted by molar-refractivity contribution is 7.46. The molecule has 0 spiro atoms. The van der Waals surface area contributed by atoms with Crippen molar-refractivity contribution in [2.24, 2.45) is 5.92 Å². The summed E-state index contributed by atoms with van der Waals surface area (Å²) in [4.78, 5) is 42.9. The minimum atomic E-state index is -4.76. The van der Waals surface area contributed by atoms with E-state index in [1.165, 1.54) is 89.9 Å². The van der Waals surface area contributed by atoms with E-state index in [2.05, 4.69) is 37.4 Å². The lowest BCUT2D eigenvalue weighted by molar-refractivity contribution is -0.161. The molecule has 1 aliphatic rings. The summed E-state index contributed by atoms with van der Waals surface area (Å²) in [5, 5.41) is 0. The van der Waals surface area contributed by atoms with Crippen molar-refractivity contribution in [3.05, 3.63) is 12.2 Å². The first kappa shape index (κ1) is 47.8. The van der Waals surface area contributed by atoms with E-state index in [0.29, 0.717) is 25.0 Å². The number of ether oxygens (including phenoxy) is 3. The maximum Gasteiger partial charge on any atom is 0.469 e. The first-order valence-corrected chi connectivity index (χ1v) is 22.5. The molecular weight excluding hydrogens is 667 g/mol. The van der Waals surface area contributed by atoms with Crippen LogP contribution in [0.4, 0.5) is 0 Å². The Bertz CT molecular complexity index is 919. The molecule has 51 heavy (non-hydrogen) atoms. The van der Waals surface area contributed by atoms with E-state index >= 15 is 0 Å². The van der Waals surface area contributed by atoms with Crippen molar-refractivity contribution >= 4 is 19.8 Å². The average Bonchev–Trinajstić information content (AvgIpc) is 3.84. The van der Waals surface area contributed by atoms with Crippen LogP contribution in [0.15, 0.2) is 12.2 Å². The highest BCUT2D eigenvalue weighted by Gasteiger charge is 2.36. The predicted molar refractivity (Wildman–Crippen MR) is 206 cm³/mol. The third-order valence-corrected chi connectivity index (χ3v) is 10.1. The van der Waals surface area contributed by atoms with Gasteiger partial charge in [0.05, 0.1) is 18.8 Å². The summed E-state index contributed by atoms with van der Waals surface area (Å²) in [6.07, 6.45) is 35.2. The molecule has 1 heterocycles. The van der Waals surface area contributed by atoms with E-state index in [-0.39, 0.29) is 19.4 Å². The largest absolute Gasteiger partial charge is 0.469 e. The predicted octanol–water partition coefficient (Wildman–Crippen LogP) is 11.5. The number of esters is 2. The van der Waals surface area contributed by atoms with Crippen LogP contribution in [-0.2, 0) is 32.9 Å². The molecule has 300 valence electrons. The van der Waals surface area contributed by atoms with Gasteiger partial charge in [-0.05, 0) is 44.4 Å². The van der Waals surface area contributed by atoms with Crippen LogP contribution >= 0.6 is 7.82 Å². The van der Waals surface area contributed by atoms with Crippen molar-refractivity contribution in [1.82, 2.24) is 0 Å². The Kier molecular flexibility index (Phi) is 30.2. The van der Waals surface area contributed by atoms with Gasteiger partial charge in [-0.2, -0.15) is 0 Å². The van der Waals surface area contributed by atoms with Gasteiger partial charge in [0, 0.05) is 12.8 Å². The Morgan fingerprint density at radius 2 is 1.20 bits per heavy atom. The summed E-state index contributed by atoms with van der Waals surface area (Å²) in [5.41, 5.74) is 0. The molecule has 1 aliphatic heterocycles. The number of allylic oxidation sites excluding steroid dienone is 1. The minimum Gasteiger partial charge on any atom is -0.462 e. The van der Waals surface area contributed by atoms with Crippen LogP contribution in [0.5, 0.6) is 0 Å². The van der Waals surface area contributed by atoms with Crippen molar-refractivity contribution in [1.29, 1.82) is 0 Å². The Balaban J connectivity index is 2.05. The summed E-state index contributed by atoms with van der Waals surface area (Å²) < 4.78 is 32.2. The fourth-order valence-electron chi connectivity index (χ4n) is 6.39. The number of hydrogen-bond donors (Lipinski definition) is 2. The minimum absolute atomic E-state index is 0.210. The molecule has 0 saturated carbocycles. The van der Waals surface area contributed by atoms with E-state index in [1.54, 1.807) is 0 Å². The molecular formula is C41H77O9P. The summed E-state index contributed by atoms with van der Waals surface area (Å²) in [6.45, 7) is 5.99. The second-order valence-electron chi connectivity index (χ2n) is 15.2. The van der Waals surface area contributed by atoms with Gasteiger partial charge in [-0.1, -0.05) is 161 Å². The van der Waals surface area contributed by atoms with Crippen LogP contribution in [0, 0.1) is 5.92 Å². The Morgan fingerprint density at radius 3 is 1.75 bits per heavy atom. The van der Waals surface area contributed by atoms with Gasteiger partial charge in [0.2, 0.25) is 0 Å². The quantitative estimate of drug-likeness (QED) is 0.0210. The van der Waals surface area contributed by atoms with Crippen molar-refractivity contribution in [2.75, 3.05) is 13.2 Å². The topological polar surface area (TPSA) is 132 Å². The van der Waals surface area contributed by atoms with E-state index in [1.807, 2.05) is 0 Å². The molecule has 3 atom stereocenters. The lowest BCUT2D eigenvalue weighted by Gasteiger charge is -2.18. The number of rotatable bonds is 37. The van der Waals surface area contributed by atoms with Crippen molar-refractivity contribution in [3.63, 3.8) is 0 Å². The molecule has 0 aliphatic carbocycles. The van der Waals surface area contributed by atoms with Gasteiger partial charge in [0.15, 0.2) is 6.10 Å². The molecule has 0 aromatic carbocycles. The number of epoxide rings is 1. The zero-order valence-electron chi connectivity index (χ0n) is 32.9. The summed E-state index contributed by atoms with van der Waals surface area (Å²) in [6, 6.07) is 0. The van der Waals surface area contributed by atoms with Crippen LogP contribution in [0.1, 0.15) is 201 Å². The molecule has 2 N–H and O–H groups in total. The number of carbonyl (C=O) groups excluding carboxylic acids is 2. The van der Waals surface area contributed by atoms with Gasteiger partial charge in [0.25, 0.3) is 0 Å². The Morgan fingerprint density at radius 1 is 0.667 bits per heavy atom. The number of carbonyl (C=O) groups is 2. The molecule has 0 radical (unpaired) electrons. The number of unbranched alkanes of at least 4 members (excludes halogenated alkanes) is 20. The van der Waals surface area contributed by atoms with Gasteiger partial charge in [-0.15, -0.1) is 0 Å². The maximum absolute atomic E-state index is 12.4. The fraction of sp³-hybridized carbons (Fsp3) is 0.902. The lowest BCUT2D eigenvalue weighted by Crippen LogP contribution is -2.29. The number of phosphoric ester groups is 1. The molecule has 2 unspecified atom stereocenters. The second-order valence-corrected chi connectivity index (χ2v) is 16.4. The first-order valence-electron chi connectivity index (χ1n) is 21.0. The van der Waals surface area contributed by atoms with E-state index < -0.39 is 32.5 Å². The maximum atomic E-state index is 12.4. The lowest BCUT2D eigenvalue weighted by atomic mass is 10.0. The third-order valence-electron chi connectivity index (χ3n) is 9.64. The molecule has 9 nitrogen and oxygen atoms in total. The van der Waals surface area contributed by atoms with Gasteiger partial charge < -0.3 is 24.0 Å². The standard InChI is InChI=1S/C41H77O9P/c1-4-5-6-7-20-25-30-38-39(50-38)31-26-21-18-23-27-32-40(42)47-34-37(35-48-51(44,45)46)49-41(43)33-28-22-17-15-13-11-9-8-10-12-14-16-19-24-29-36(2)3/h20,25,36-39H,4-19,21-24,26-35H2,1-3H3,(H2,44,45,46)/b25-20-/t37-,38?,39?/m1/s1. The van der Waals surface area contributed by atoms with Crippen LogP contribution in [0.25, 0.3) is 0 Å². The number of phosphoric acid groups is 1. The fourth-order valence-corrected chi connectivity index (χ4v) is 6.75. The smallest absolute Gasteiger partial charge is 0.462 e. The first-order chi connectivity index (χ1) is 24.6. The zero-order valence-corrected chi connectivity index (χ0v) is 33.8. The van der Waals surface area contributed by atoms with Crippen molar-refractivity contribution in [3.8, 4) is 0 Å². The number of hydrogen-bond acceptors (Lipinski definition) is 7. The van der Waals surface area contributed by atoms with Gasteiger partial charge >= 0.3 is 19.8 Å². The molecule has 1 fully saturated rings. The van der Waals surface area contributed by atoms with Crippen LogP contribution in [0.3, 0.4) is 0 Å². The van der Waals surface area contributed by atoms with E-state index in [0.717, 1.165) is 70.1 Å². The summed E-state index contributed by atoms with van der Waals surface area (Å²) in [5.74, 6) is -0.0711. The van der Waals surface area contributed by atoms with Crippen molar-refractivity contribution in [2.45, 2.75) is 219 Å². The highest BCUT2D eigenvalue weighted by Crippen LogP contribution is 2.36. The highest BCUT2D eigenvalue weighted by atomic mass is 31.2. The normalized spacial score (nSPS) is 16.6. The van der Waals surface area contributed by atoms with Gasteiger partial charge in [0.1, 0.15) is 6.61 Å². The average molecular weight is 745 g/mol. The Hall–Kier alpha value is -1.25. The molecule has 0 aromatic rings. The zero-order chi connectivity index (χ0) is 37.4. The summed E-state index contributed by atoms with van der Waals surface area (Å²) in [7, 11) is -4.76. The third kappa shape index (κ3) is 33.1. The van der Waals surface area contributed by atoms with E-state index in [9.17, 15) is 14.2 Å². The van der Waals surface area contributed by atoms with Crippen molar-refractivity contribution < 1.29 is 42.7 Å². The molecule has 1 saturated heterocycles. The molecule has 0 amide bonds. The second kappa shape index (κ2) is 32.2. The van der Waals surface area contributed by atoms with Gasteiger partial charge in [-0.3, -0.25) is 14.1 Å². The monoisotopic (exact) mass is 745 g/mol. The SMILES string of the molecule is CCCCC/C=C\CC1OC1CCCCCCCC(=O)OC[C@H](COP(=O)(O)O)OC(=O)CCCCCCCCCCCCCCCCC(C)C. The summed E-state index contributed by atoms with van der Waals surface area (Å²) >= 11 is 0. The molecule has 0 bridgehead atoms. The van der Waals surface area contributed by atoms with E-state index in [4.69, 9.17) is 24.0 Å². The molecule has 1 rings (SSSR count). The van der Waals surface area contributed by atoms with Crippen LogP contribution in [0.2, 0.25) is 0 Å². The Labute approximate surface area is 312 Å². The molecule has 0 aromatic heterocycles. The van der Waals surface area contributed by atoms with Gasteiger partial charge in [-0.25, -0.2) is 4.57 Å². The molecule has 10 heteroatoms. The van der Waals surface area contributed by atoms with Crippen LogP contribution < -0.4 is 0 Å². The van der Waals surface area contributed by atoms with Crippen LogP contribution in [-0.4, -0.2) is 53.3 Å².